The second-order valence-electron chi connectivity index (χ2n) is 5.49. The first kappa shape index (κ1) is 16.6. The molecule has 2 N–H and O–H groups in total. The third-order valence-electron chi connectivity index (χ3n) is 3.50. The number of hydrogen-bond donors (Lipinski definition) is 2. The van der Waals surface area contributed by atoms with Crippen molar-refractivity contribution in [1.29, 1.82) is 0 Å². The Morgan fingerprint density at radius 3 is 2.64 bits per heavy atom. The second kappa shape index (κ2) is 7.00. The maximum Gasteiger partial charge on any atom is 0.405 e. The summed E-state index contributed by atoms with van der Waals surface area (Å²) >= 11 is 0. The number of hydrogen-bond acceptors (Lipinski definition) is 3. The predicted molar refractivity (Wildman–Crippen MR) is 77.8 cm³/mol. The number of benzene rings is 1. The summed E-state index contributed by atoms with van der Waals surface area (Å²) in [7, 11) is 0. The van der Waals surface area contributed by atoms with Crippen LogP contribution in [0.2, 0.25) is 0 Å². The molecular formula is C15H19F3N2O2. The normalized spacial score (nSPS) is 22.2. The monoisotopic (exact) mass is 316 g/mol. The van der Waals surface area contributed by atoms with Crippen LogP contribution in [0.25, 0.3) is 0 Å². The molecule has 1 amide bonds. The molecule has 4 nitrogen and oxygen atoms in total. The lowest BCUT2D eigenvalue weighted by molar-refractivity contribution is -0.131. The Bertz CT molecular complexity index is 520. The van der Waals surface area contributed by atoms with Gasteiger partial charge >= 0.3 is 6.18 Å². The lowest BCUT2D eigenvalue weighted by Gasteiger charge is -2.26. The van der Waals surface area contributed by atoms with Crippen LogP contribution in [0.3, 0.4) is 0 Å². The van der Waals surface area contributed by atoms with Crippen LogP contribution in [-0.4, -0.2) is 31.3 Å². The number of halogens is 3. The molecule has 1 heterocycles. The quantitative estimate of drug-likeness (QED) is 0.895. The number of nitrogens with one attached hydrogen (secondary N) is 2. The van der Waals surface area contributed by atoms with E-state index in [1.165, 1.54) is 6.07 Å². The van der Waals surface area contributed by atoms with Crippen LogP contribution in [0.1, 0.15) is 19.8 Å². The number of carbonyl (C=O) groups is 1. The molecule has 0 unspecified atom stereocenters. The first-order chi connectivity index (χ1) is 10.3. The molecule has 0 radical (unpaired) electrons. The highest BCUT2D eigenvalue weighted by molar-refractivity contribution is 5.97. The second-order valence-corrected chi connectivity index (χ2v) is 5.49. The molecule has 22 heavy (non-hydrogen) atoms. The van der Waals surface area contributed by atoms with Gasteiger partial charge in [-0.25, -0.2) is 0 Å². The number of rotatable bonds is 4. The molecule has 1 saturated heterocycles. The molecule has 0 saturated carbocycles. The van der Waals surface area contributed by atoms with Crippen LogP contribution in [0.4, 0.5) is 24.5 Å². The number of ether oxygens (including phenoxy) is 1. The Morgan fingerprint density at radius 2 is 2.00 bits per heavy atom. The van der Waals surface area contributed by atoms with E-state index in [-0.39, 0.29) is 11.6 Å². The zero-order valence-electron chi connectivity index (χ0n) is 12.2. The highest BCUT2D eigenvalue weighted by Gasteiger charge is 2.28. The fourth-order valence-electron chi connectivity index (χ4n) is 2.30. The number of anilines is 2. The van der Waals surface area contributed by atoms with E-state index in [4.69, 9.17) is 4.74 Å². The van der Waals surface area contributed by atoms with Gasteiger partial charge < -0.3 is 15.4 Å². The molecule has 0 aliphatic carbocycles. The van der Waals surface area contributed by atoms with E-state index in [1.54, 1.807) is 18.2 Å². The van der Waals surface area contributed by atoms with Crippen LogP contribution >= 0.6 is 0 Å². The van der Waals surface area contributed by atoms with Gasteiger partial charge in [-0.15, -0.1) is 0 Å². The molecule has 1 aliphatic rings. The Morgan fingerprint density at radius 1 is 1.32 bits per heavy atom. The van der Waals surface area contributed by atoms with Crippen LogP contribution in [0, 0.1) is 5.92 Å². The van der Waals surface area contributed by atoms with Crippen LogP contribution in [0.15, 0.2) is 24.3 Å². The minimum absolute atomic E-state index is 0.233. The summed E-state index contributed by atoms with van der Waals surface area (Å²) in [5.74, 6) is 0.0657. The molecule has 2 rings (SSSR count). The Balaban J connectivity index is 2.01. The molecule has 0 spiro atoms. The van der Waals surface area contributed by atoms with Crippen molar-refractivity contribution in [2.24, 2.45) is 5.92 Å². The topological polar surface area (TPSA) is 50.4 Å². The van der Waals surface area contributed by atoms with Gasteiger partial charge in [0.25, 0.3) is 5.91 Å². The van der Waals surface area contributed by atoms with Gasteiger partial charge in [-0.1, -0.05) is 19.1 Å². The zero-order valence-corrected chi connectivity index (χ0v) is 12.2. The minimum Gasteiger partial charge on any atom is -0.375 e. The fourth-order valence-corrected chi connectivity index (χ4v) is 2.30. The molecule has 1 aromatic carbocycles. The Labute approximate surface area is 127 Å². The standard InChI is InChI=1S/C15H19F3N2O2/c1-10-6-7-22-13(8-10)14(21)20-12-5-3-2-4-11(12)19-9-15(16,17)18/h2-5,10,13,19H,6-9H2,1H3,(H,20,21)/t10-,13-/m0/s1. The van der Waals surface area contributed by atoms with E-state index >= 15 is 0 Å². The van der Waals surface area contributed by atoms with Gasteiger partial charge in [0.2, 0.25) is 0 Å². The van der Waals surface area contributed by atoms with Crippen LogP contribution in [-0.2, 0) is 9.53 Å². The highest BCUT2D eigenvalue weighted by atomic mass is 19.4. The van der Waals surface area contributed by atoms with Crippen molar-refractivity contribution in [3.8, 4) is 0 Å². The number of para-hydroxylation sites is 2. The van der Waals surface area contributed by atoms with Crippen molar-refractivity contribution in [2.75, 3.05) is 23.8 Å². The number of carbonyl (C=O) groups excluding carboxylic acids is 1. The van der Waals surface area contributed by atoms with Gasteiger partial charge in [-0.2, -0.15) is 13.2 Å². The average Bonchev–Trinajstić information content (AvgIpc) is 2.45. The number of alkyl halides is 3. The van der Waals surface area contributed by atoms with Crippen molar-refractivity contribution in [3.63, 3.8) is 0 Å². The molecule has 0 bridgehead atoms. The van der Waals surface area contributed by atoms with Crippen molar-refractivity contribution < 1.29 is 22.7 Å². The fraction of sp³-hybridized carbons (Fsp3) is 0.533. The first-order valence-corrected chi connectivity index (χ1v) is 7.17. The summed E-state index contributed by atoms with van der Waals surface area (Å²) in [6, 6.07) is 6.31. The Hall–Kier alpha value is -1.76. The molecule has 1 aliphatic heterocycles. The molecule has 122 valence electrons. The van der Waals surface area contributed by atoms with Crippen LogP contribution in [0.5, 0.6) is 0 Å². The predicted octanol–water partition coefficient (Wildman–Crippen LogP) is 3.41. The summed E-state index contributed by atoms with van der Waals surface area (Å²) in [4.78, 5) is 12.2. The first-order valence-electron chi connectivity index (χ1n) is 7.17. The van der Waals surface area contributed by atoms with Gasteiger partial charge in [0, 0.05) is 6.61 Å². The zero-order chi connectivity index (χ0) is 16.2. The van der Waals surface area contributed by atoms with Gasteiger partial charge in [-0.3, -0.25) is 4.79 Å². The lowest BCUT2D eigenvalue weighted by Crippen LogP contribution is -2.36. The van der Waals surface area contributed by atoms with Crippen LogP contribution < -0.4 is 10.6 Å². The molecule has 2 atom stereocenters. The lowest BCUT2D eigenvalue weighted by atomic mass is 9.97. The summed E-state index contributed by atoms with van der Waals surface area (Å²) < 4.78 is 42.3. The third-order valence-corrected chi connectivity index (χ3v) is 3.50. The van der Waals surface area contributed by atoms with E-state index in [0.717, 1.165) is 6.42 Å². The van der Waals surface area contributed by atoms with Crippen molar-refractivity contribution in [1.82, 2.24) is 0 Å². The smallest absolute Gasteiger partial charge is 0.375 e. The van der Waals surface area contributed by atoms with Gasteiger partial charge in [0.15, 0.2) is 0 Å². The summed E-state index contributed by atoms with van der Waals surface area (Å²) in [5.41, 5.74) is 0.551. The molecule has 7 heteroatoms. The minimum atomic E-state index is -4.32. The SMILES string of the molecule is C[C@H]1CCO[C@H](C(=O)Nc2ccccc2NCC(F)(F)F)C1. The van der Waals surface area contributed by atoms with Crippen molar-refractivity contribution in [2.45, 2.75) is 32.0 Å². The van der Waals surface area contributed by atoms with E-state index in [9.17, 15) is 18.0 Å². The van der Waals surface area contributed by atoms with E-state index < -0.39 is 18.8 Å². The maximum atomic E-state index is 12.3. The maximum absolute atomic E-state index is 12.3. The summed E-state index contributed by atoms with van der Waals surface area (Å²) in [6.07, 6.45) is -3.35. The van der Waals surface area contributed by atoms with Crippen molar-refractivity contribution in [3.05, 3.63) is 24.3 Å². The Kier molecular flexibility index (Phi) is 5.28. The van der Waals surface area contributed by atoms with E-state index in [0.29, 0.717) is 24.6 Å². The van der Waals surface area contributed by atoms with E-state index in [1.807, 2.05) is 6.92 Å². The molecule has 1 aromatic rings. The number of amides is 1. The average molecular weight is 316 g/mol. The molecule has 0 aromatic heterocycles. The largest absolute Gasteiger partial charge is 0.405 e. The summed E-state index contributed by atoms with van der Waals surface area (Å²) in [5, 5.41) is 4.93. The van der Waals surface area contributed by atoms with Gasteiger partial charge in [0.1, 0.15) is 12.6 Å². The van der Waals surface area contributed by atoms with E-state index in [2.05, 4.69) is 10.6 Å². The molecular weight excluding hydrogens is 297 g/mol. The third kappa shape index (κ3) is 4.91. The molecule has 1 fully saturated rings. The van der Waals surface area contributed by atoms with Crippen molar-refractivity contribution >= 4 is 17.3 Å². The highest BCUT2D eigenvalue weighted by Crippen LogP contribution is 2.25. The summed E-state index contributed by atoms with van der Waals surface area (Å²) in [6.45, 7) is 1.41. The van der Waals surface area contributed by atoms with Gasteiger partial charge in [-0.05, 0) is 30.9 Å². The van der Waals surface area contributed by atoms with Gasteiger partial charge in [0.05, 0.1) is 11.4 Å².